The van der Waals surface area contributed by atoms with Gasteiger partial charge in [0.2, 0.25) is 5.89 Å². The van der Waals surface area contributed by atoms with E-state index in [1.165, 1.54) is 7.11 Å². The molecular weight excluding hydrogens is 412 g/mol. The van der Waals surface area contributed by atoms with Gasteiger partial charge in [-0.2, -0.15) is 0 Å². The minimum absolute atomic E-state index is 0.260. The molecule has 152 valence electrons. The van der Waals surface area contributed by atoms with Crippen molar-refractivity contribution < 1.29 is 13.9 Å². The molecule has 5 aromatic rings. The van der Waals surface area contributed by atoms with Gasteiger partial charge >= 0.3 is 0 Å². The van der Waals surface area contributed by atoms with Gasteiger partial charge in [0.25, 0.3) is 5.91 Å². The summed E-state index contributed by atoms with van der Waals surface area (Å²) < 4.78 is 11.3. The Morgan fingerprint density at radius 3 is 2.65 bits per heavy atom. The Kier molecular flexibility index (Phi) is 4.81. The van der Waals surface area contributed by atoms with E-state index in [2.05, 4.69) is 10.3 Å². The molecule has 1 aromatic heterocycles. The number of nitrogens with zero attached hydrogens (tertiary/aromatic N) is 1. The lowest BCUT2D eigenvalue weighted by Crippen LogP contribution is -2.13. The molecule has 0 aliphatic heterocycles. The van der Waals surface area contributed by atoms with Crippen LogP contribution in [0.25, 0.3) is 33.3 Å². The second kappa shape index (κ2) is 7.78. The predicted molar refractivity (Wildman–Crippen MR) is 123 cm³/mol. The maximum atomic E-state index is 12.7. The molecule has 0 aliphatic carbocycles. The van der Waals surface area contributed by atoms with E-state index < -0.39 is 0 Å². The number of carbonyl (C=O) groups excluding carboxylic acids is 1. The first kappa shape index (κ1) is 19.2. The van der Waals surface area contributed by atoms with Crippen molar-refractivity contribution in [2.45, 2.75) is 0 Å². The summed E-state index contributed by atoms with van der Waals surface area (Å²) >= 11 is 6.34. The number of aromatic nitrogens is 1. The molecule has 4 aromatic carbocycles. The van der Waals surface area contributed by atoms with Gasteiger partial charge in [-0.15, -0.1) is 0 Å². The molecule has 1 amide bonds. The number of anilines is 1. The number of hydrogen-bond acceptors (Lipinski definition) is 4. The molecule has 0 atom stereocenters. The van der Waals surface area contributed by atoms with Crippen molar-refractivity contribution in [3.8, 4) is 17.2 Å². The first-order chi connectivity index (χ1) is 15.1. The Hall–Kier alpha value is -3.83. The van der Waals surface area contributed by atoms with Gasteiger partial charge in [-0.3, -0.25) is 4.79 Å². The van der Waals surface area contributed by atoms with Crippen molar-refractivity contribution >= 4 is 45.1 Å². The van der Waals surface area contributed by atoms with Crippen molar-refractivity contribution in [3.05, 3.63) is 89.4 Å². The van der Waals surface area contributed by atoms with Crippen molar-refractivity contribution in [2.75, 3.05) is 12.4 Å². The van der Waals surface area contributed by atoms with Crippen LogP contribution < -0.4 is 10.1 Å². The summed E-state index contributed by atoms with van der Waals surface area (Å²) in [5, 5.41) is 5.47. The number of amides is 1. The molecule has 31 heavy (non-hydrogen) atoms. The summed E-state index contributed by atoms with van der Waals surface area (Å²) in [6, 6.07) is 24.0. The molecule has 0 radical (unpaired) electrons. The minimum Gasteiger partial charge on any atom is -0.496 e. The van der Waals surface area contributed by atoms with E-state index in [9.17, 15) is 4.79 Å². The van der Waals surface area contributed by atoms with Crippen LogP contribution in [0.2, 0.25) is 5.02 Å². The van der Waals surface area contributed by atoms with Gasteiger partial charge in [0, 0.05) is 21.7 Å². The number of halogens is 1. The van der Waals surface area contributed by atoms with Crippen molar-refractivity contribution in [1.29, 1.82) is 0 Å². The number of hydrogen-bond donors (Lipinski definition) is 1. The monoisotopic (exact) mass is 428 g/mol. The zero-order chi connectivity index (χ0) is 21.4. The van der Waals surface area contributed by atoms with E-state index in [0.29, 0.717) is 39.0 Å². The summed E-state index contributed by atoms with van der Waals surface area (Å²) in [5.41, 5.74) is 3.20. The second-order valence-corrected chi connectivity index (χ2v) is 7.40. The van der Waals surface area contributed by atoms with Crippen LogP contribution >= 0.6 is 11.6 Å². The Labute approximate surface area is 183 Å². The lowest BCUT2D eigenvalue weighted by molar-refractivity contribution is 0.102. The summed E-state index contributed by atoms with van der Waals surface area (Å²) in [7, 11) is 1.54. The van der Waals surface area contributed by atoms with Crippen LogP contribution in [0.1, 0.15) is 10.4 Å². The molecule has 0 saturated heterocycles. The summed E-state index contributed by atoms with van der Waals surface area (Å²) in [6.45, 7) is 0. The Morgan fingerprint density at radius 1 is 0.968 bits per heavy atom. The van der Waals surface area contributed by atoms with Crippen LogP contribution in [-0.2, 0) is 0 Å². The van der Waals surface area contributed by atoms with Crippen molar-refractivity contribution in [1.82, 2.24) is 4.98 Å². The number of rotatable bonds is 4. The van der Waals surface area contributed by atoms with Crippen molar-refractivity contribution in [3.63, 3.8) is 0 Å². The zero-order valence-electron chi connectivity index (χ0n) is 16.6. The van der Waals surface area contributed by atoms with Gasteiger partial charge in [-0.25, -0.2) is 4.98 Å². The molecule has 6 heteroatoms. The van der Waals surface area contributed by atoms with Gasteiger partial charge in [0.1, 0.15) is 11.3 Å². The molecule has 1 heterocycles. The smallest absolute Gasteiger partial charge is 0.259 e. The van der Waals surface area contributed by atoms with Crippen LogP contribution in [0.15, 0.2) is 83.3 Å². The summed E-state index contributed by atoms with van der Waals surface area (Å²) in [5.74, 6) is 0.750. The van der Waals surface area contributed by atoms with E-state index in [0.717, 1.165) is 16.3 Å². The quantitative estimate of drug-likeness (QED) is 0.352. The molecule has 0 saturated carbocycles. The largest absolute Gasteiger partial charge is 0.496 e. The lowest BCUT2D eigenvalue weighted by Gasteiger charge is -2.08. The number of oxazole rings is 1. The van der Waals surface area contributed by atoms with E-state index in [1.807, 2.05) is 42.5 Å². The third kappa shape index (κ3) is 3.49. The highest BCUT2D eigenvalue weighted by Crippen LogP contribution is 2.34. The first-order valence-corrected chi connectivity index (χ1v) is 10.0. The van der Waals surface area contributed by atoms with E-state index in [4.69, 9.17) is 20.8 Å². The summed E-state index contributed by atoms with van der Waals surface area (Å²) in [6.07, 6.45) is 0. The first-order valence-electron chi connectivity index (χ1n) is 9.66. The number of fused-ring (bicyclic) bond motifs is 2. The highest BCUT2D eigenvalue weighted by Gasteiger charge is 2.15. The van der Waals surface area contributed by atoms with Crippen LogP contribution in [0.5, 0.6) is 5.75 Å². The molecule has 0 bridgehead atoms. The molecule has 5 nitrogen and oxygen atoms in total. The number of benzene rings is 4. The predicted octanol–water partition coefficient (Wildman–Crippen LogP) is 6.56. The standard InChI is InChI=1S/C25H17ClN2O3/c1-30-22-11-3-2-6-19(22)24(29)27-15-12-13-23-21(14-15)28-25(31-23)18-9-4-8-17-16(18)7-5-10-20(17)26/h2-14H,1H3,(H,27,29). The van der Waals surface area contributed by atoms with Crippen LogP contribution in [0, 0.1) is 0 Å². The Balaban J connectivity index is 1.50. The van der Waals surface area contributed by atoms with Gasteiger partial charge < -0.3 is 14.5 Å². The average molecular weight is 429 g/mol. The Morgan fingerprint density at radius 2 is 1.77 bits per heavy atom. The van der Waals surface area contributed by atoms with Crippen LogP contribution in [-0.4, -0.2) is 18.0 Å². The third-order valence-corrected chi connectivity index (χ3v) is 5.43. The molecule has 0 unspecified atom stereocenters. The molecule has 5 rings (SSSR count). The van der Waals surface area contributed by atoms with Gasteiger partial charge in [-0.1, -0.05) is 48.0 Å². The number of ether oxygens (including phenoxy) is 1. The van der Waals surface area contributed by atoms with E-state index in [1.54, 1.807) is 36.4 Å². The minimum atomic E-state index is -0.260. The van der Waals surface area contributed by atoms with Crippen LogP contribution in [0.3, 0.4) is 0 Å². The molecule has 1 N–H and O–H groups in total. The normalized spacial score (nSPS) is 11.0. The van der Waals surface area contributed by atoms with Crippen LogP contribution in [0.4, 0.5) is 5.69 Å². The molecular formula is C25H17ClN2O3. The van der Waals surface area contributed by atoms with Gasteiger partial charge in [-0.05, 0) is 47.9 Å². The van der Waals surface area contributed by atoms with Gasteiger partial charge in [0.15, 0.2) is 5.58 Å². The molecule has 0 fully saturated rings. The second-order valence-electron chi connectivity index (χ2n) is 7.00. The fourth-order valence-electron chi connectivity index (χ4n) is 3.61. The topological polar surface area (TPSA) is 64.4 Å². The summed E-state index contributed by atoms with van der Waals surface area (Å²) in [4.78, 5) is 17.3. The maximum absolute atomic E-state index is 12.7. The number of nitrogens with one attached hydrogen (secondary N) is 1. The lowest BCUT2D eigenvalue weighted by atomic mass is 10.0. The molecule has 0 aliphatic rings. The number of carbonyl (C=O) groups is 1. The average Bonchev–Trinajstić information content (AvgIpc) is 3.22. The number of methoxy groups -OCH3 is 1. The fourth-order valence-corrected chi connectivity index (χ4v) is 3.85. The SMILES string of the molecule is COc1ccccc1C(=O)Nc1ccc2oc(-c3cccc4c(Cl)cccc34)nc2c1. The number of para-hydroxylation sites is 1. The van der Waals surface area contributed by atoms with Gasteiger partial charge in [0.05, 0.1) is 12.7 Å². The molecule has 0 spiro atoms. The fraction of sp³-hybridized carbons (Fsp3) is 0.0400. The Bertz CT molecular complexity index is 1440. The maximum Gasteiger partial charge on any atom is 0.259 e. The van der Waals surface area contributed by atoms with E-state index >= 15 is 0 Å². The van der Waals surface area contributed by atoms with E-state index in [-0.39, 0.29) is 5.91 Å². The van der Waals surface area contributed by atoms with Crippen molar-refractivity contribution in [2.24, 2.45) is 0 Å². The zero-order valence-corrected chi connectivity index (χ0v) is 17.3. The highest BCUT2D eigenvalue weighted by molar-refractivity contribution is 6.35. The third-order valence-electron chi connectivity index (χ3n) is 5.10. The highest BCUT2D eigenvalue weighted by atomic mass is 35.5.